The van der Waals surface area contributed by atoms with Crippen LogP contribution in [0.3, 0.4) is 0 Å². The summed E-state index contributed by atoms with van der Waals surface area (Å²) >= 11 is 0. The largest absolute Gasteiger partial charge is 0.356 e. The molecule has 25 heavy (non-hydrogen) atoms. The highest BCUT2D eigenvalue weighted by molar-refractivity contribution is 5.41. The van der Waals surface area contributed by atoms with E-state index in [1.807, 2.05) is 11.0 Å². The van der Waals surface area contributed by atoms with Gasteiger partial charge in [-0.15, -0.1) is 0 Å². The second kappa shape index (κ2) is 6.95. The molecule has 1 saturated heterocycles. The summed E-state index contributed by atoms with van der Waals surface area (Å²) in [6, 6.07) is 10.8. The molecule has 130 valence electrons. The van der Waals surface area contributed by atoms with Crippen molar-refractivity contribution in [1.29, 1.82) is 5.26 Å². The van der Waals surface area contributed by atoms with Crippen molar-refractivity contribution in [3.63, 3.8) is 0 Å². The van der Waals surface area contributed by atoms with Crippen molar-refractivity contribution in [2.75, 3.05) is 18.0 Å². The summed E-state index contributed by atoms with van der Waals surface area (Å²) in [5.74, 6) is 0.589. The maximum Gasteiger partial charge on any atom is 0.332 e. The Bertz CT molecular complexity index is 938. The van der Waals surface area contributed by atoms with Crippen LogP contribution in [0.5, 0.6) is 0 Å². The van der Waals surface area contributed by atoms with Gasteiger partial charge in [-0.25, -0.2) is 4.79 Å². The van der Waals surface area contributed by atoms with Crippen molar-refractivity contribution < 1.29 is 0 Å². The number of hydrogen-bond acceptors (Lipinski definition) is 5. The summed E-state index contributed by atoms with van der Waals surface area (Å²) in [6.07, 6.45) is 1.87. The Kier molecular flexibility index (Phi) is 4.72. The highest BCUT2D eigenvalue weighted by Gasteiger charge is 2.21. The number of anilines is 1. The third kappa shape index (κ3) is 3.49. The summed E-state index contributed by atoms with van der Waals surface area (Å²) < 4.78 is 2.68. The summed E-state index contributed by atoms with van der Waals surface area (Å²) in [5, 5.41) is 9.06. The first-order valence-electron chi connectivity index (χ1n) is 8.30. The van der Waals surface area contributed by atoms with Gasteiger partial charge in [-0.1, -0.05) is 12.1 Å². The van der Waals surface area contributed by atoms with Crippen molar-refractivity contribution in [2.24, 2.45) is 12.8 Å². The van der Waals surface area contributed by atoms with E-state index in [0.29, 0.717) is 24.5 Å². The van der Waals surface area contributed by atoms with E-state index in [4.69, 9.17) is 11.0 Å². The molecule has 0 aliphatic carbocycles. The standard InChI is InChI=1S/C18H21N5O2/c1-21-17(24)9-16(22-7-3-6-15(20)12-22)23(18(21)25)11-14-5-2-4-13(8-14)10-19/h2,4-5,8-9,15H,3,6-7,11-12,20H2,1H3. The monoisotopic (exact) mass is 339 g/mol. The molecule has 1 aromatic carbocycles. The quantitative estimate of drug-likeness (QED) is 0.873. The molecule has 0 saturated carbocycles. The molecule has 2 heterocycles. The summed E-state index contributed by atoms with van der Waals surface area (Å²) in [4.78, 5) is 26.8. The first-order chi connectivity index (χ1) is 12.0. The lowest BCUT2D eigenvalue weighted by molar-refractivity contribution is 0.491. The number of benzene rings is 1. The lowest BCUT2D eigenvalue weighted by Gasteiger charge is -2.34. The molecule has 2 N–H and O–H groups in total. The third-order valence-electron chi connectivity index (χ3n) is 4.56. The lowest BCUT2D eigenvalue weighted by Crippen LogP contribution is -2.47. The number of nitriles is 1. The van der Waals surface area contributed by atoms with E-state index in [1.165, 1.54) is 13.1 Å². The minimum atomic E-state index is -0.371. The Labute approximate surface area is 145 Å². The number of nitrogens with zero attached hydrogens (tertiary/aromatic N) is 4. The van der Waals surface area contributed by atoms with Gasteiger partial charge in [0.25, 0.3) is 5.56 Å². The number of aromatic nitrogens is 2. The van der Waals surface area contributed by atoms with Crippen LogP contribution < -0.4 is 21.9 Å². The van der Waals surface area contributed by atoms with Gasteiger partial charge in [0, 0.05) is 32.2 Å². The molecule has 0 bridgehead atoms. The zero-order chi connectivity index (χ0) is 18.0. The van der Waals surface area contributed by atoms with E-state index in [0.717, 1.165) is 29.5 Å². The minimum Gasteiger partial charge on any atom is -0.356 e. The van der Waals surface area contributed by atoms with Gasteiger partial charge in [-0.05, 0) is 30.5 Å². The van der Waals surface area contributed by atoms with Crippen LogP contribution in [-0.2, 0) is 13.6 Å². The van der Waals surface area contributed by atoms with Crippen LogP contribution in [0.2, 0.25) is 0 Å². The van der Waals surface area contributed by atoms with Gasteiger partial charge in [0.1, 0.15) is 5.82 Å². The first-order valence-corrected chi connectivity index (χ1v) is 8.30. The predicted octanol–water partition coefficient (Wildman–Crippen LogP) is 0.394. The van der Waals surface area contributed by atoms with E-state index >= 15 is 0 Å². The fourth-order valence-electron chi connectivity index (χ4n) is 3.21. The molecule has 0 amide bonds. The number of hydrogen-bond donors (Lipinski definition) is 1. The maximum atomic E-state index is 12.7. The van der Waals surface area contributed by atoms with Crippen LogP contribution >= 0.6 is 0 Å². The average Bonchev–Trinajstić information content (AvgIpc) is 2.62. The summed E-state index contributed by atoms with van der Waals surface area (Å²) in [7, 11) is 1.47. The Hall–Kier alpha value is -2.85. The molecule has 1 atom stereocenters. The summed E-state index contributed by atoms with van der Waals surface area (Å²) in [6.45, 7) is 1.67. The first kappa shape index (κ1) is 17.0. The zero-order valence-electron chi connectivity index (χ0n) is 14.2. The fraction of sp³-hybridized carbons (Fsp3) is 0.389. The van der Waals surface area contributed by atoms with Crippen molar-refractivity contribution >= 4 is 5.82 Å². The highest BCUT2D eigenvalue weighted by Crippen LogP contribution is 2.18. The van der Waals surface area contributed by atoms with Gasteiger partial charge >= 0.3 is 5.69 Å². The van der Waals surface area contributed by atoms with Crippen LogP contribution in [0.1, 0.15) is 24.0 Å². The smallest absolute Gasteiger partial charge is 0.332 e. The topological polar surface area (TPSA) is 97.1 Å². The van der Waals surface area contributed by atoms with E-state index in [2.05, 4.69) is 6.07 Å². The Morgan fingerprint density at radius 1 is 1.32 bits per heavy atom. The molecule has 1 aliphatic heterocycles. The summed E-state index contributed by atoms with van der Waals surface area (Å²) in [5.41, 5.74) is 6.73. The van der Waals surface area contributed by atoms with E-state index in [-0.39, 0.29) is 17.3 Å². The van der Waals surface area contributed by atoms with Gasteiger partial charge in [-0.2, -0.15) is 5.26 Å². The Morgan fingerprint density at radius 3 is 2.84 bits per heavy atom. The molecule has 2 aromatic rings. The minimum absolute atomic E-state index is 0.0308. The SMILES string of the molecule is Cn1c(=O)cc(N2CCCC(N)C2)n(Cc2cccc(C#N)c2)c1=O. The third-order valence-corrected chi connectivity index (χ3v) is 4.56. The van der Waals surface area contributed by atoms with Gasteiger partial charge in [-0.3, -0.25) is 13.9 Å². The molecular weight excluding hydrogens is 318 g/mol. The molecule has 1 aromatic heterocycles. The average molecular weight is 339 g/mol. The Balaban J connectivity index is 2.07. The van der Waals surface area contributed by atoms with E-state index in [9.17, 15) is 9.59 Å². The van der Waals surface area contributed by atoms with Crippen LogP contribution in [0.4, 0.5) is 5.82 Å². The number of nitrogens with two attached hydrogens (primary N) is 1. The Morgan fingerprint density at radius 2 is 2.12 bits per heavy atom. The van der Waals surface area contributed by atoms with Crippen molar-refractivity contribution in [1.82, 2.24) is 9.13 Å². The molecule has 0 radical (unpaired) electrons. The highest BCUT2D eigenvalue weighted by atomic mass is 16.2. The molecule has 0 spiro atoms. The van der Waals surface area contributed by atoms with Gasteiger partial charge < -0.3 is 10.6 Å². The molecule has 1 fully saturated rings. The second-order valence-corrected chi connectivity index (χ2v) is 6.43. The normalized spacial score (nSPS) is 17.3. The predicted molar refractivity (Wildman–Crippen MR) is 95.6 cm³/mol. The van der Waals surface area contributed by atoms with Crippen LogP contribution in [-0.4, -0.2) is 28.3 Å². The van der Waals surface area contributed by atoms with Crippen LogP contribution in [0, 0.1) is 11.3 Å². The molecular formula is C18H21N5O2. The van der Waals surface area contributed by atoms with Crippen LogP contribution in [0.25, 0.3) is 0 Å². The second-order valence-electron chi connectivity index (χ2n) is 6.43. The number of rotatable bonds is 3. The molecule has 1 unspecified atom stereocenters. The molecule has 1 aliphatic rings. The van der Waals surface area contributed by atoms with Crippen molar-refractivity contribution in [3.05, 3.63) is 62.3 Å². The van der Waals surface area contributed by atoms with Gasteiger partial charge in [0.05, 0.1) is 18.2 Å². The fourth-order valence-corrected chi connectivity index (χ4v) is 3.21. The van der Waals surface area contributed by atoms with Crippen LogP contribution in [0.15, 0.2) is 39.9 Å². The zero-order valence-corrected chi connectivity index (χ0v) is 14.2. The number of piperidine rings is 1. The van der Waals surface area contributed by atoms with Gasteiger partial charge in [0.2, 0.25) is 0 Å². The molecule has 3 rings (SSSR count). The molecule has 7 heteroatoms. The molecule has 7 nitrogen and oxygen atoms in total. The van der Waals surface area contributed by atoms with E-state index in [1.54, 1.807) is 22.8 Å². The maximum absolute atomic E-state index is 12.7. The van der Waals surface area contributed by atoms with Gasteiger partial charge in [0.15, 0.2) is 0 Å². The van der Waals surface area contributed by atoms with Crippen molar-refractivity contribution in [2.45, 2.75) is 25.4 Å². The van der Waals surface area contributed by atoms with E-state index < -0.39 is 0 Å². The van der Waals surface area contributed by atoms with Crippen molar-refractivity contribution in [3.8, 4) is 6.07 Å². The lowest BCUT2D eigenvalue weighted by atomic mass is 10.1.